The van der Waals surface area contributed by atoms with Crippen LogP contribution in [0.15, 0.2) is 64.1 Å². The summed E-state index contributed by atoms with van der Waals surface area (Å²) in [4.78, 5) is 0.229. The van der Waals surface area contributed by atoms with Gasteiger partial charge in [0.25, 0.3) is 10.0 Å². The summed E-state index contributed by atoms with van der Waals surface area (Å²) >= 11 is 9.23. The molecule has 0 aliphatic rings. The zero-order chi connectivity index (χ0) is 15.0. The smallest absolute Gasteiger partial charge is 0.241 e. The predicted molar refractivity (Wildman–Crippen MR) is 88.2 cm³/mol. The number of hydrogen-bond donors (Lipinski definition) is 0. The second-order valence-electron chi connectivity index (χ2n) is 4.54. The molecule has 0 radical (unpaired) electrons. The summed E-state index contributed by atoms with van der Waals surface area (Å²) in [5, 5.41) is 0.850. The van der Waals surface area contributed by atoms with Gasteiger partial charge in [0.05, 0.1) is 5.52 Å². The zero-order valence-electron chi connectivity index (χ0n) is 10.8. The molecule has 0 N–H and O–H groups in total. The fourth-order valence-corrected chi connectivity index (χ4v) is 4.86. The molecule has 108 valence electrons. The molecule has 0 unspecified atom stereocenters. The molecule has 3 nitrogen and oxygen atoms in total. The van der Waals surface area contributed by atoms with E-state index in [1.54, 1.807) is 36.5 Å². The van der Waals surface area contributed by atoms with Gasteiger partial charge in [-0.3, -0.25) is 0 Å². The SMILES string of the molecule is O=S(=O)(c1ccccc1Br)n1cc(CCl)c2ccccc21. The molecule has 0 saturated heterocycles. The number of hydrogen-bond acceptors (Lipinski definition) is 2. The molecule has 3 rings (SSSR count). The lowest BCUT2D eigenvalue weighted by atomic mass is 10.2. The quantitative estimate of drug-likeness (QED) is 0.629. The van der Waals surface area contributed by atoms with E-state index in [9.17, 15) is 8.42 Å². The number of benzene rings is 2. The Morgan fingerprint density at radius 2 is 1.71 bits per heavy atom. The van der Waals surface area contributed by atoms with E-state index in [0.717, 1.165) is 10.9 Å². The Bertz CT molecular complexity index is 918. The van der Waals surface area contributed by atoms with Crippen LogP contribution in [0, 0.1) is 0 Å². The summed E-state index contributed by atoms with van der Waals surface area (Å²) in [7, 11) is -3.67. The Hall–Kier alpha value is -1.30. The van der Waals surface area contributed by atoms with Crippen LogP contribution < -0.4 is 0 Å². The summed E-state index contributed by atoms with van der Waals surface area (Å²) in [5.74, 6) is 0.263. The third kappa shape index (κ3) is 2.39. The van der Waals surface area contributed by atoms with Crippen molar-refractivity contribution >= 4 is 48.5 Å². The first-order valence-corrected chi connectivity index (χ1v) is 8.97. The fraction of sp³-hybridized carbons (Fsp3) is 0.0667. The minimum absolute atomic E-state index is 0.229. The Morgan fingerprint density at radius 3 is 2.43 bits per heavy atom. The molecule has 0 saturated carbocycles. The van der Waals surface area contributed by atoms with Crippen LogP contribution in [0.4, 0.5) is 0 Å². The third-order valence-corrected chi connectivity index (χ3v) is 6.25. The van der Waals surface area contributed by atoms with Crippen molar-refractivity contribution in [1.29, 1.82) is 0 Å². The van der Waals surface area contributed by atoms with E-state index in [4.69, 9.17) is 11.6 Å². The second kappa shape index (κ2) is 5.48. The molecule has 0 amide bonds. The Morgan fingerprint density at radius 1 is 1.05 bits per heavy atom. The van der Waals surface area contributed by atoms with Crippen LogP contribution in [0.1, 0.15) is 5.56 Å². The van der Waals surface area contributed by atoms with Crippen LogP contribution in [-0.4, -0.2) is 12.4 Å². The molecular weight excluding hydrogens is 374 g/mol. The van der Waals surface area contributed by atoms with Crippen molar-refractivity contribution < 1.29 is 8.42 Å². The van der Waals surface area contributed by atoms with E-state index in [-0.39, 0.29) is 10.8 Å². The standard InChI is InChI=1S/C15H11BrClNO2S/c16-13-6-2-4-8-15(13)21(19,20)18-10-11(9-17)12-5-1-3-7-14(12)18/h1-8,10H,9H2. The van der Waals surface area contributed by atoms with E-state index < -0.39 is 10.0 Å². The van der Waals surface area contributed by atoms with Crippen LogP contribution in [0.3, 0.4) is 0 Å². The van der Waals surface area contributed by atoms with Crippen molar-refractivity contribution in [2.75, 3.05) is 0 Å². The predicted octanol–water partition coefficient (Wildman–Crippen LogP) is 4.38. The maximum absolute atomic E-state index is 12.9. The van der Waals surface area contributed by atoms with E-state index >= 15 is 0 Å². The van der Waals surface area contributed by atoms with Gasteiger partial charge in [0.1, 0.15) is 4.90 Å². The van der Waals surface area contributed by atoms with Crippen molar-refractivity contribution in [3.05, 3.63) is 64.8 Å². The molecule has 1 aromatic heterocycles. The Labute approximate surface area is 136 Å². The minimum Gasteiger partial charge on any atom is -0.241 e. The summed E-state index contributed by atoms with van der Waals surface area (Å²) in [6.45, 7) is 0. The summed E-state index contributed by atoms with van der Waals surface area (Å²) in [6, 6.07) is 14.1. The highest BCUT2D eigenvalue weighted by molar-refractivity contribution is 9.10. The van der Waals surface area contributed by atoms with Gasteiger partial charge in [-0.15, -0.1) is 11.6 Å². The highest BCUT2D eigenvalue weighted by Crippen LogP contribution is 2.29. The average Bonchev–Trinajstić information content (AvgIpc) is 2.87. The lowest BCUT2D eigenvalue weighted by Gasteiger charge is -2.09. The normalized spacial score (nSPS) is 11.9. The van der Waals surface area contributed by atoms with Gasteiger partial charge in [-0.05, 0) is 39.7 Å². The van der Waals surface area contributed by atoms with Crippen molar-refractivity contribution in [3.63, 3.8) is 0 Å². The molecule has 0 fully saturated rings. The van der Waals surface area contributed by atoms with Crippen molar-refractivity contribution in [1.82, 2.24) is 3.97 Å². The van der Waals surface area contributed by atoms with E-state index in [2.05, 4.69) is 15.9 Å². The largest absolute Gasteiger partial charge is 0.269 e. The third-order valence-electron chi connectivity index (χ3n) is 3.28. The molecule has 0 spiro atoms. The lowest BCUT2D eigenvalue weighted by molar-refractivity contribution is 0.588. The van der Waals surface area contributed by atoms with Gasteiger partial charge in [-0.2, -0.15) is 0 Å². The van der Waals surface area contributed by atoms with Crippen LogP contribution in [-0.2, 0) is 15.9 Å². The summed E-state index contributed by atoms with van der Waals surface area (Å²) in [5.41, 5.74) is 1.42. The van der Waals surface area contributed by atoms with Gasteiger partial charge in [0.15, 0.2) is 0 Å². The van der Waals surface area contributed by atoms with Gasteiger partial charge in [-0.1, -0.05) is 30.3 Å². The molecule has 0 aliphatic carbocycles. The van der Waals surface area contributed by atoms with Gasteiger partial charge in [0, 0.05) is 21.9 Å². The van der Waals surface area contributed by atoms with Crippen LogP contribution in [0.2, 0.25) is 0 Å². The van der Waals surface area contributed by atoms with Gasteiger partial charge in [-0.25, -0.2) is 12.4 Å². The first-order valence-electron chi connectivity index (χ1n) is 6.21. The summed E-state index contributed by atoms with van der Waals surface area (Å²) < 4.78 is 27.6. The highest BCUT2D eigenvalue weighted by Gasteiger charge is 2.22. The number of fused-ring (bicyclic) bond motifs is 1. The van der Waals surface area contributed by atoms with E-state index in [1.807, 2.05) is 18.2 Å². The molecule has 0 aliphatic heterocycles. The topological polar surface area (TPSA) is 39.1 Å². The number of rotatable bonds is 3. The second-order valence-corrected chi connectivity index (χ2v) is 7.44. The summed E-state index contributed by atoms with van der Waals surface area (Å²) in [6.07, 6.45) is 1.59. The van der Waals surface area contributed by atoms with Crippen LogP contribution >= 0.6 is 27.5 Å². The Balaban J connectivity index is 2.32. The minimum atomic E-state index is -3.67. The highest BCUT2D eigenvalue weighted by atomic mass is 79.9. The lowest BCUT2D eigenvalue weighted by Crippen LogP contribution is -2.12. The average molecular weight is 385 g/mol. The van der Waals surface area contributed by atoms with Crippen molar-refractivity contribution in [3.8, 4) is 0 Å². The van der Waals surface area contributed by atoms with Crippen LogP contribution in [0.25, 0.3) is 10.9 Å². The van der Waals surface area contributed by atoms with Crippen molar-refractivity contribution in [2.24, 2.45) is 0 Å². The monoisotopic (exact) mass is 383 g/mol. The maximum Gasteiger partial charge on any atom is 0.269 e. The van der Waals surface area contributed by atoms with Crippen molar-refractivity contribution in [2.45, 2.75) is 10.8 Å². The molecule has 21 heavy (non-hydrogen) atoms. The number of nitrogens with zero attached hydrogens (tertiary/aromatic N) is 1. The van der Waals surface area contributed by atoms with Crippen LogP contribution in [0.5, 0.6) is 0 Å². The molecular formula is C15H11BrClNO2S. The molecule has 3 aromatic rings. The number of alkyl halides is 1. The van der Waals surface area contributed by atoms with Gasteiger partial charge in [0.2, 0.25) is 0 Å². The Kier molecular flexibility index (Phi) is 3.82. The zero-order valence-corrected chi connectivity index (χ0v) is 14.0. The molecule has 2 aromatic carbocycles. The van der Waals surface area contributed by atoms with E-state index in [1.165, 1.54) is 3.97 Å². The fourth-order valence-electron chi connectivity index (χ4n) is 2.28. The number of aromatic nitrogens is 1. The number of para-hydroxylation sites is 1. The van der Waals surface area contributed by atoms with E-state index in [0.29, 0.717) is 9.99 Å². The molecule has 0 bridgehead atoms. The molecule has 1 heterocycles. The maximum atomic E-state index is 12.9. The molecule has 0 atom stereocenters. The van der Waals surface area contributed by atoms with Gasteiger partial charge >= 0.3 is 0 Å². The molecule has 6 heteroatoms. The van der Waals surface area contributed by atoms with Gasteiger partial charge < -0.3 is 0 Å². The number of halogens is 2. The first-order chi connectivity index (χ1) is 10.1. The first kappa shape index (κ1) is 14.6.